The molecule has 0 fully saturated rings. The molecule has 0 saturated carbocycles. The van der Waals surface area contributed by atoms with E-state index in [2.05, 4.69) is 10.4 Å². The molecule has 0 aliphatic carbocycles. The highest BCUT2D eigenvalue weighted by Gasteiger charge is 2.28. The smallest absolute Gasteiger partial charge is 0.340 e. The van der Waals surface area contributed by atoms with Gasteiger partial charge in [-0.1, -0.05) is 20.8 Å². The van der Waals surface area contributed by atoms with Crippen LogP contribution in [0.4, 0.5) is 5.00 Å². The van der Waals surface area contributed by atoms with Crippen LogP contribution in [0.15, 0.2) is 6.07 Å². The van der Waals surface area contributed by atoms with Crippen molar-refractivity contribution >= 4 is 34.0 Å². The third kappa shape index (κ3) is 3.70. The lowest BCUT2D eigenvalue weighted by molar-refractivity contribution is -0.112. The van der Waals surface area contributed by atoms with Crippen LogP contribution >= 0.6 is 11.3 Å². The molecule has 8 heteroatoms. The highest BCUT2D eigenvalue weighted by molar-refractivity contribution is 7.17. The van der Waals surface area contributed by atoms with Gasteiger partial charge in [-0.3, -0.25) is 14.3 Å². The van der Waals surface area contributed by atoms with E-state index in [1.54, 1.807) is 31.6 Å². The van der Waals surface area contributed by atoms with Crippen molar-refractivity contribution in [3.63, 3.8) is 0 Å². The Labute approximate surface area is 156 Å². The van der Waals surface area contributed by atoms with Gasteiger partial charge in [0.05, 0.1) is 23.9 Å². The van der Waals surface area contributed by atoms with Crippen molar-refractivity contribution in [2.45, 2.75) is 40.0 Å². The summed E-state index contributed by atoms with van der Waals surface area (Å²) in [6.07, 6.45) is 0. The molecule has 0 aliphatic rings. The monoisotopic (exact) mass is 377 g/mol. The minimum atomic E-state index is -0.809. The first kappa shape index (κ1) is 19.8. The van der Waals surface area contributed by atoms with Crippen LogP contribution in [0.2, 0.25) is 0 Å². The average molecular weight is 377 g/mol. The number of ether oxygens (including phenoxy) is 1. The summed E-state index contributed by atoms with van der Waals surface area (Å²) in [6.45, 7) is 9.40. The third-order valence-electron chi connectivity index (χ3n) is 4.05. The zero-order valence-electron chi connectivity index (χ0n) is 16.0. The van der Waals surface area contributed by atoms with Crippen LogP contribution in [0.3, 0.4) is 0 Å². The number of amides is 1. The zero-order chi connectivity index (χ0) is 19.8. The van der Waals surface area contributed by atoms with Crippen molar-refractivity contribution in [3.05, 3.63) is 33.5 Å². The molecule has 2 aromatic heterocycles. The van der Waals surface area contributed by atoms with E-state index >= 15 is 0 Å². The number of ketones is 1. The number of aromatic nitrogens is 2. The molecule has 1 amide bonds. The molecule has 2 aromatic rings. The number of hydrogen-bond donors (Lipinski definition) is 1. The van der Waals surface area contributed by atoms with E-state index in [0.29, 0.717) is 16.4 Å². The molecule has 26 heavy (non-hydrogen) atoms. The van der Waals surface area contributed by atoms with Crippen LogP contribution < -0.4 is 5.32 Å². The maximum atomic E-state index is 12.6. The number of hydrogen-bond acceptors (Lipinski definition) is 6. The molecular formula is C18H23N3O4S. The number of methoxy groups -OCH3 is 1. The van der Waals surface area contributed by atoms with Gasteiger partial charge in [0, 0.05) is 17.6 Å². The lowest BCUT2D eigenvalue weighted by Gasteiger charge is -2.15. The van der Waals surface area contributed by atoms with Crippen molar-refractivity contribution in [2.24, 2.45) is 7.05 Å². The molecule has 0 bridgehead atoms. The van der Waals surface area contributed by atoms with E-state index < -0.39 is 17.7 Å². The molecule has 0 aliphatic heterocycles. The summed E-state index contributed by atoms with van der Waals surface area (Å²) in [7, 11) is 2.98. The quantitative estimate of drug-likeness (QED) is 0.502. The van der Waals surface area contributed by atoms with E-state index in [4.69, 9.17) is 4.74 Å². The van der Waals surface area contributed by atoms with Crippen LogP contribution in [-0.4, -0.2) is 34.6 Å². The SMILES string of the molecule is COC(=O)c1cc(C(C)(C)C)sc1NC(=O)C(=O)c1c(C)nn(C)c1C. The average Bonchev–Trinajstić information content (AvgIpc) is 3.07. The van der Waals surface area contributed by atoms with Gasteiger partial charge in [-0.15, -0.1) is 11.3 Å². The molecule has 140 valence electrons. The highest BCUT2D eigenvalue weighted by Crippen LogP contribution is 2.36. The van der Waals surface area contributed by atoms with Crippen molar-refractivity contribution in [1.29, 1.82) is 0 Å². The standard InChI is InChI=1S/C18H23N3O4S/c1-9-13(10(2)21(6)20-9)14(22)15(23)19-16-11(17(24)25-7)8-12(26-16)18(3,4)5/h8H,1-7H3,(H,19,23). The lowest BCUT2D eigenvalue weighted by atomic mass is 9.94. The Morgan fingerprint density at radius 2 is 1.85 bits per heavy atom. The van der Waals surface area contributed by atoms with Crippen molar-refractivity contribution in [1.82, 2.24) is 9.78 Å². The molecule has 0 spiro atoms. The summed E-state index contributed by atoms with van der Waals surface area (Å²) in [5, 5.41) is 7.04. The zero-order valence-corrected chi connectivity index (χ0v) is 16.8. The Morgan fingerprint density at radius 3 is 2.31 bits per heavy atom. The summed E-state index contributed by atoms with van der Waals surface area (Å²) in [6, 6.07) is 1.69. The van der Waals surface area contributed by atoms with Crippen molar-refractivity contribution in [2.75, 3.05) is 12.4 Å². The van der Waals surface area contributed by atoms with Gasteiger partial charge in [0.2, 0.25) is 0 Å². The first-order chi connectivity index (χ1) is 12.0. The second kappa shape index (κ2) is 7.03. The highest BCUT2D eigenvalue weighted by atomic mass is 32.1. The Hall–Kier alpha value is -2.48. The Balaban J connectivity index is 2.38. The fraction of sp³-hybridized carbons (Fsp3) is 0.444. The number of aryl methyl sites for hydroxylation is 2. The number of thiophene rings is 1. The van der Waals surface area contributed by atoms with Gasteiger partial charge in [0.1, 0.15) is 5.00 Å². The van der Waals surface area contributed by atoms with Crippen molar-refractivity contribution in [3.8, 4) is 0 Å². The molecule has 2 rings (SSSR count). The van der Waals surface area contributed by atoms with Gasteiger partial charge < -0.3 is 10.1 Å². The number of anilines is 1. The van der Waals surface area contributed by atoms with Crippen LogP contribution in [0.5, 0.6) is 0 Å². The van der Waals surface area contributed by atoms with Crippen molar-refractivity contribution < 1.29 is 19.1 Å². The van der Waals surface area contributed by atoms with E-state index in [9.17, 15) is 14.4 Å². The topological polar surface area (TPSA) is 90.3 Å². The predicted molar refractivity (Wildman–Crippen MR) is 100 cm³/mol. The Morgan fingerprint density at radius 1 is 1.23 bits per heavy atom. The number of nitrogens with one attached hydrogen (secondary N) is 1. The Kier molecular flexibility index (Phi) is 5.36. The fourth-order valence-corrected chi connectivity index (χ4v) is 3.59. The minimum Gasteiger partial charge on any atom is -0.465 e. The minimum absolute atomic E-state index is 0.211. The number of carbonyl (C=O) groups is 3. The largest absolute Gasteiger partial charge is 0.465 e. The summed E-state index contributed by atoms with van der Waals surface area (Å²) in [4.78, 5) is 38.0. The maximum absolute atomic E-state index is 12.6. The number of Topliss-reactive ketones (excluding diaryl/α,β-unsaturated/α-hetero) is 1. The van der Waals surface area contributed by atoms with Crippen LogP contribution in [0.1, 0.15) is 57.8 Å². The summed E-state index contributed by atoms with van der Waals surface area (Å²) in [5.74, 6) is -2.06. The third-order valence-corrected chi connectivity index (χ3v) is 5.52. The molecule has 1 N–H and O–H groups in total. The van der Waals surface area contributed by atoms with Crippen LogP contribution in [0, 0.1) is 13.8 Å². The van der Waals surface area contributed by atoms with Gasteiger partial charge in [0.15, 0.2) is 0 Å². The summed E-state index contributed by atoms with van der Waals surface area (Å²) >= 11 is 1.26. The second-order valence-electron chi connectivity index (χ2n) is 7.05. The first-order valence-corrected chi connectivity index (χ1v) is 8.87. The molecule has 2 heterocycles. The van der Waals surface area contributed by atoms with E-state index in [1.807, 2.05) is 20.8 Å². The molecule has 7 nitrogen and oxygen atoms in total. The second-order valence-corrected chi connectivity index (χ2v) is 8.10. The molecular weight excluding hydrogens is 354 g/mol. The molecule has 0 atom stereocenters. The van der Waals surface area contributed by atoms with Gasteiger partial charge in [-0.05, 0) is 25.3 Å². The van der Waals surface area contributed by atoms with Gasteiger partial charge in [-0.2, -0.15) is 5.10 Å². The predicted octanol–water partition coefficient (Wildman–Crippen LogP) is 3.00. The number of esters is 1. The van der Waals surface area contributed by atoms with Gasteiger partial charge in [-0.25, -0.2) is 4.79 Å². The number of nitrogens with zero attached hydrogens (tertiary/aromatic N) is 2. The molecule has 0 aromatic carbocycles. The first-order valence-electron chi connectivity index (χ1n) is 8.05. The van der Waals surface area contributed by atoms with Gasteiger partial charge >= 0.3 is 5.97 Å². The number of carbonyl (C=O) groups excluding carboxylic acids is 3. The van der Waals surface area contributed by atoms with Gasteiger partial charge in [0.25, 0.3) is 11.7 Å². The van der Waals surface area contributed by atoms with Crippen LogP contribution in [-0.2, 0) is 22.0 Å². The molecule has 0 unspecified atom stereocenters. The molecule has 0 saturated heterocycles. The number of rotatable bonds is 4. The van der Waals surface area contributed by atoms with E-state index in [1.165, 1.54) is 18.4 Å². The summed E-state index contributed by atoms with van der Waals surface area (Å²) < 4.78 is 6.34. The maximum Gasteiger partial charge on any atom is 0.340 e. The van der Waals surface area contributed by atoms with E-state index in [-0.39, 0.29) is 16.5 Å². The normalized spacial score (nSPS) is 11.3. The fourth-order valence-electron chi connectivity index (χ4n) is 2.49. The van der Waals surface area contributed by atoms with Crippen LogP contribution in [0.25, 0.3) is 0 Å². The molecule has 0 radical (unpaired) electrons. The lowest BCUT2D eigenvalue weighted by Crippen LogP contribution is -2.24. The van der Waals surface area contributed by atoms with E-state index in [0.717, 1.165) is 4.88 Å². The Bertz CT molecular complexity index is 887. The summed E-state index contributed by atoms with van der Waals surface area (Å²) in [5.41, 5.74) is 1.40.